The number of benzene rings is 2. The van der Waals surface area contributed by atoms with E-state index in [-0.39, 0.29) is 16.6 Å². The highest BCUT2D eigenvalue weighted by molar-refractivity contribution is 7.89. The standard InChI is InChI=1S/C21H25N3O4S2/c1-16-5-9-18(10-6-16)28-15-20(25)23-21(29)22-17-7-11-19(12-8-17)30(26,27)24-13-3-2-4-14-24/h5-12H,2-4,13-15H2,1H3,(H2,22,23,25,29). The molecule has 0 aliphatic carbocycles. The van der Waals surface area contributed by atoms with Gasteiger partial charge in [-0.25, -0.2) is 8.42 Å². The minimum atomic E-state index is -3.48. The van der Waals surface area contributed by atoms with Gasteiger partial charge in [0.15, 0.2) is 11.7 Å². The quantitative estimate of drug-likeness (QED) is 0.662. The number of aryl methyl sites for hydroxylation is 1. The molecular weight excluding hydrogens is 422 g/mol. The summed E-state index contributed by atoms with van der Waals surface area (Å²) in [5.74, 6) is 0.206. The molecule has 0 radical (unpaired) electrons. The van der Waals surface area contributed by atoms with Crippen LogP contribution < -0.4 is 15.4 Å². The number of amides is 1. The zero-order valence-electron chi connectivity index (χ0n) is 16.8. The third kappa shape index (κ3) is 6.01. The molecule has 1 amide bonds. The summed E-state index contributed by atoms with van der Waals surface area (Å²) in [5, 5.41) is 5.52. The van der Waals surface area contributed by atoms with E-state index in [0.29, 0.717) is 24.5 Å². The Kier molecular flexibility index (Phi) is 7.41. The minimum Gasteiger partial charge on any atom is -0.484 e. The van der Waals surface area contributed by atoms with E-state index in [1.165, 1.54) is 16.4 Å². The molecule has 0 bridgehead atoms. The number of thiocarbonyl (C=S) groups is 1. The lowest BCUT2D eigenvalue weighted by atomic mass is 10.2. The van der Waals surface area contributed by atoms with Crippen LogP contribution in [-0.4, -0.2) is 43.4 Å². The smallest absolute Gasteiger partial charge is 0.264 e. The van der Waals surface area contributed by atoms with Gasteiger partial charge in [0.1, 0.15) is 5.75 Å². The third-order valence-electron chi connectivity index (χ3n) is 4.71. The Bertz CT molecular complexity index is 984. The van der Waals surface area contributed by atoms with Crippen LogP contribution in [-0.2, 0) is 14.8 Å². The zero-order chi connectivity index (χ0) is 21.6. The molecule has 0 spiro atoms. The number of rotatable bonds is 6. The minimum absolute atomic E-state index is 0.110. The van der Waals surface area contributed by atoms with Crippen LogP contribution in [0.4, 0.5) is 5.69 Å². The molecule has 0 atom stereocenters. The van der Waals surface area contributed by atoms with Crippen molar-refractivity contribution in [3.05, 3.63) is 54.1 Å². The Morgan fingerprint density at radius 1 is 1.03 bits per heavy atom. The highest BCUT2D eigenvalue weighted by Crippen LogP contribution is 2.22. The molecule has 1 aliphatic rings. The van der Waals surface area contributed by atoms with Crippen molar-refractivity contribution in [1.29, 1.82) is 0 Å². The highest BCUT2D eigenvalue weighted by atomic mass is 32.2. The van der Waals surface area contributed by atoms with E-state index >= 15 is 0 Å². The molecule has 0 aromatic heterocycles. The van der Waals surface area contributed by atoms with Gasteiger partial charge >= 0.3 is 0 Å². The van der Waals surface area contributed by atoms with Crippen molar-refractivity contribution >= 4 is 38.9 Å². The maximum Gasteiger partial charge on any atom is 0.264 e. The molecule has 1 aliphatic heterocycles. The van der Waals surface area contributed by atoms with Crippen LogP contribution in [0.15, 0.2) is 53.4 Å². The van der Waals surface area contributed by atoms with E-state index < -0.39 is 15.9 Å². The molecule has 0 saturated carbocycles. The van der Waals surface area contributed by atoms with Crippen LogP contribution >= 0.6 is 12.2 Å². The van der Waals surface area contributed by atoms with Crippen LogP contribution in [0.25, 0.3) is 0 Å². The molecule has 2 aromatic rings. The van der Waals surface area contributed by atoms with Gasteiger partial charge in [0.05, 0.1) is 4.90 Å². The average molecular weight is 448 g/mol. The van der Waals surface area contributed by atoms with Gasteiger partial charge in [0.25, 0.3) is 5.91 Å². The number of sulfonamides is 1. The number of nitrogens with zero attached hydrogens (tertiary/aromatic N) is 1. The van der Waals surface area contributed by atoms with Gasteiger partial charge in [-0.1, -0.05) is 24.1 Å². The summed E-state index contributed by atoms with van der Waals surface area (Å²) < 4.78 is 32.3. The Hall–Kier alpha value is -2.49. The van der Waals surface area contributed by atoms with Crippen molar-refractivity contribution in [2.24, 2.45) is 0 Å². The molecule has 0 unspecified atom stereocenters. The van der Waals surface area contributed by atoms with Crippen LogP contribution in [0.1, 0.15) is 24.8 Å². The Morgan fingerprint density at radius 2 is 1.67 bits per heavy atom. The third-order valence-corrected chi connectivity index (χ3v) is 6.83. The van der Waals surface area contributed by atoms with Gasteiger partial charge in [-0.2, -0.15) is 4.31 Å². The van der Waals surface area contributed by atoms with Crippen LogP contribution in [0.3, 0.4) is 0 Å². The van der Waals surface area contributed by atoms with Crippen LogP contribution in [0.2, 0.25) is 0 Å². The molecule has 9 heteroatoms. The van der Waals surface area contributed by atoms with E-state index in [1.54, 1.807) is 24.3 Å². The molecule has 160 valence electrons. The van der Waals surface area contributed by atoms with Crippen molar-refractivity contribution in [2.75, 3.05) is 25.0 Å². The molecule has 30 heavy (non-hydrogen) atoms. The zero-order valence-corrected chi connectivity index (χ0v) is 18.4. The second kappa shape index (κ2) is 10.0. The van der Waals surface area contributed by atoms with Crippen molar-refractivity contribution in [3.63, 3.8) is 0 Å². The first-order valence-electron chi connectivity index (χ1n) is 9.75. The molecule has 1 heterocycles. The largest absolute Gasteiger partial charge is 0.484 e. The molecular formula is C21H25N3O4S2. The molecule has 2 aromatic carbocycles. The fourth-order valence-corrected chi connectivity index (χ4v) is 4.82. The van der Waals surface area contributed by atoms with Gasteiger partial charge in [0, 0.05) is 18.8 Å². The van der Waals surface area contributed by atoms with Crippen molar-refractivity contribution < 1.29 is 17.9 Å². The highest BCUT2D eigenvalue weighted by Gasteiger charge is 2.25. The summed E-state index contributed by atoms with van der Waals surface area (Å²) in [7, 11) is -3.48. The molecule has 1 fully saturated rings. The predicted octanol–water partition coefficient (Wildman–Crippen LogP) is 3.06. The fourth-order valence-electron chi connectivity index (χ4n) is 3.07. The molecule has 1 saturated heterocycles. The normalized spacial score (nSPS) is 14.7. The Balaban J connectivity index is 1.50. The van der Waals surface area contributed by atoms with Gasteiger partial charge < -0.3 is 10.1 Å². The summed E-state index contributed by atoms with van der Waals surface area (Å²) in [4.78, 5) is 12.2. The lowest BCUT2D eigenvalue weighted by molar-refractivity contribution is -0.121. The van der Waals surface area contributed by atoms with Crippen LogP contribution in [0, 0.1) is 6.92 Å². The van der Waals surface area contributed by atoms with E-state index in [2.05, 4.69) is 10.6 Å². The first kappa shape index (κ1) is 22.2. The number of anilines is 1. The van der Waals surface area contributed by atoms with Gasteiger partial charge in [-0.3, -0.25) is 10.1 Å². The lowest BCUT2D eigenvalue weighted by Gasteiger charge is -2.25. The number of ether oxygens (including phenoxy) is 1. The van der Waals surface area contributed by atoms with E-state index in [0.717, 1.165) is 24.8 Å². The summed E-state index contributed by atoms with van der Waals surface area (Å²) in [6.45, 7) is 2.92. The van der Waals surface area contributed by atoms with Crippen molar-refractivity contribution in [1.82, 2.24) is 9.62 Å². The summed E-state index contributed by atoms with van der Waals surface area (Å²) >= 11 is 5.14. The molecule has 3 rings (SSSR count). The number of hydrogen-bond acceptors (Lipinski definition) is 5. The maximum atomic E-state index is 12.7. The van der Waals surface area contributed by atoms with E-state index in [4.69, 9.17) is 17.0 Å². The number of piperidine rings is 1. The van der Waals surface area contributed by atoms with E-state index in [9.17, 15) is 13.2 Å². The predicted molar refractivity (Wildman–Crippen MR) is 120 cm³/mol. The number of carbonyl (C=O) groups is 1. The first-order chi connectivity index (χ1) is 14.3. The van der Waals surface area contributed by atoms with Gasteiger partial charge in [-0.05, 0) is 68.4 Å². The molecule has 2 N–H and O–H groups in total. The summed E-state index contributed by atoms with van der Waals surface area (Å²) in [6, 6.07) is 13.7. The van der Waals surface area contributed by atoms with E-state index in [1.807, 2.05) is 19.1 Å². The van der Waals surface area contributed by atoms with Crippen molar-refractivity contribution in [3.8, 4) is 5.75 Å². The molecule has 7 nitrogen and oxygen atoms in total. The summed E-state index contributed by atoms with van der Waals surface area (Å²) in [6.07, 6.45) is 2.84. The fraction of sp³-hybridized carbons (Fsp3) is 0.333. The van der Waals surface area contributed by atoms with Crippen LogP contribution in [0.5, 0.6) is 5.75 Å². The average Bonchev–Trinajstić information content (AvgIpc) is 2.74. The van der Waals surface area contributed by atoms with Crippen molar-refractivity contribution in [2.45, 2.75) is 31.1 Å². The summed E-state index contributed by atoms with van der Waals surface area (Å²) in [5.41, 5.74) is 1.68. The number of carbonyl (C=O) groups excluding carboxylic acids is 1. The number of nitrogens with one attached hydrogen (secondary N) is 2. The monoisotopic (exact) mass is 447 g/mol. The second-order valence-electron chi connectivity index (χ2n) is 7.09. The maximum absolute atomic E-state index is 12.7. The number of hydrogen-bond donors (Lipinski definition) is 2. The van der Waals surface area contributed by atoms with Gasteiger partial charge in [-0.15, -0.1) is 0 Å². The SMILES string of the molecule is Cc1ccc(OCC(=O)NC(=S)Nc2ccc(S(=O)(=O)N3CCCCC3)cc2)cc1. The topological polar surface area (TPSA) is 87.7 Å². The first-order valence-corrected chi connectivity index (χ1v) is 11.6. The van der Waals surface area contributed by atoms with Gasteiger partial charge in [0.2, 0.25) is 10.0 Å². The lowest BCUT2D eigenvalue weighted by Crippen LogP contribution is -2.37. The Labute approximate surface area is 182 Å². The Morgan fingerprint density at radius 3 is 2.30 bits per heavy atom. The second-order valence-corrected chi connectivity index (χ2v) is 9.44.